The molecule has 1 aliphatic rings. The van der Waals surface area contributed by atoms with Crippen molar-refractivity contribution in [1.82, 2.24) is 14.7 Å². The summed E-state index contributed by atoms with van der Waals surface area (Å²) in [5, 5.41) is 26.6. The summed E-state index contributed by atoms with van der Waals surface area (Å²) in [7, 11) is 0. The molecule has 1 saturated heterocycles. The average Bonchev–Trinajstić information content (AvgIpc) is 2.69. The molecule has 0 saturated carbocycles. The van der Waals surface area contributed by atoms with Crippen LogP contribution < -0.4 is 0 Å². The summed E-state index contributed by atoms with van der Waals surface area (Å²) in [5.74, 6) is -5.07. The molecule has 0 aromatic rings. The average molecular weight is 391 g/mol. The van der Waals surface area contributed by atoms with E-state index in [1.54, 1.807) is 0 Å². The summed E-state index contributed by atoms with van der Waals surface area (Å²) in [6, 6.07) is 0. The summed E-state index contributed by atoms with van der Waals surface area (Å²) < 4.78 is 0. The molecule has 0 aromatic carbocycles. The first-order valence-corrected chi connectivity index (χ1v) is 7.88. The standard InChI is InChI=1S/C14H21N3O10/c18-10(19)5-15(1-3-16(6-11(20)21)7-12(22)23)2-4-17-8-13(24)26-27-14(25)9-17/h1-9H2,(H,18,19)(H,20,21)(H,22,23). The highest BCUT2D eigenvalue weighted by molar-refractivity contribution is 5.78. The van der Waals surface area contributed by atoms with Crippen molar-refractivity contribution in [3.05, 3.63) is 0 Å². The van der Waals surface area contributed by atoms with Gasteiger partial charge in [-0.2, -0.15) is 0 Å². The lowest BCUT2D eigenvalue weighted by atomic mass is 10.3. The number of carboxylic acid groups (broad SMARTS) is 3. The Bertz CT molecular complexity index is 541. The number of rotatable bonds is 12. The van der Waals surface area contributed by atoms with Crippen LogP contribution in [0.15, 0.2) is 0 Å². The van der Waals surface area contributed by atoms with Crippen LogP contribution in [0, 0.1) is 0 Å². The van der Waals surface area contributed by atoms with Crippen LogP contribution in [0.25, 0.3) is 0 Å². The zero-order valence-corrected chi connectivity index (χ0v) is 14.4. The second-order valence-corrected chi connectivity index (χ2v) is 5.79. The molecule has 1 rings (SSSR count). The van der Waals surface area contributed by atoms with Crippen molar-refractivity contribution in [2.75, 3.05) is 58.9 Å². The van der Waals surface area contributed by atoms with Crippen molar-refractivity contribution in [1.29, 1.82) is 0 Å². The Hall–Kier alpha value is -2.77. The van der Waals surface area contributed by atoms with Crippen molar-refractivity contribution < 1.29 is 49.1 Å². The van der Waals surface area contributed by atoms with Gasteiger partial charge in [0.2, 0.25) is 0 Å². The van der Waals surface area contributed by atoms with Crippen LogP contribution in [-0.4, -0.2) is 119 Å². The minimum absolute atomic E-state index is 0.00988. The molecule has 0 spiro atoms. The Labute approximate surface area is 153 Å². The molecule has 13 heteroatoms. The molecule has 0 unspecified atom stereocenters. The molecule has 1 aliphatic heterocycles. The van der Waals surface area contributed by atoms with Crippen molar-refractivity contribution in [3.8, 4) is 0 Å². The SMILES string of the molecule is O=C(O)CN(CCN(CC(=O)O)CC(=O)O)CCN1CC(=O)OOC(=O)C1. The van der Waals surface area contributed by atoms with Gasteiger partial charge in [0.1, 0.15) is 13.1 Å². The number of carboxylic acids is 3. The van der Waals surface area contributed by atoms with Crippen LogP contribution in [-0.2, 0) is 33.7 Å². The molecule has 1 heterocycles. The van der Waals surface area contributed by atoms with Crippen molar-refractivity contribution >= 4 is 29.8 Å². The fourth-order valence-corrected chi connectivity index (χ4v) is 2.35. The van der Waals surface area contributed by atoms with Gasteiger partial charge in [-0.25, -0.2) is 19.4 Å². The third-order valence-corrected chi connectivity index (χ3v) is 3.47. The van der Waals surface area contributed by atoms with E-state index in [2.05, 4.69) is 9.78 Å². The van der Waals surface area contributed by atoms with Gasteiger partial charge in [-0.3, -0.25) is 29.1 Å². The van der Waals surface area contributed by atoms with Gasteiger partial charge in [0.05, 0.1) is 19.6 Å². The summed E-state index contributed by atoms with van der Waals surface area (Å²) in [4.78, 5) is 67.7. The lowest BCUT2D eigenvalue weighted by Gasteiger charge is -2.26. The van der Waals surface area contributed by atoms with E-state index in [0.29, 0.717) is 0 Å². The van der Waals surface area contributed by atoms with Gasteiger partial charge >= 0.3 is 29.8 Å². The van der Waals surface area contributed by atoms with Gasteiger partial charge in [-0.05, 0) is 0 Å². The first-order chi connectivity index (χ1) is 12.7. The molecule has 0 bridgehead atoms. The molecule has 152 valence electrons. The molecule has 1 fully saturated rings. The van der Waals surface area contributed by atoms with E-state index in [4.69, 9.17) is 15.3 Å². The molecular formula is C14H21N3O10. The summed E-state index contributed by atoms with van der Waals surface area (Å²) in [6.07, 6.45) is 0. The maximum absolute atomic E-state index is 11.3. The zero-order chi connectivity index (χ0) is 20.4. The second kappa shape index (κ2) is 11.1. The summed E-state index contributed by atoms with van der Waals surface area (Å²) in [6.45, 7) is -1.43. The van der Waals surface area contributed by atoms with Gasteiger partial charge in [0.15, 0.2) is 0 Å². The van der Waals surface area contributed by atoms with Crippen LogP contribution in [0.4, 0.5) is 0 Å². The van der Waals surface area contributed by atoms with E-state index in [1.807, 2.05) is 0 Å². The van der Waals surface area contributed by atoms with Gasteiger partial charge in [-0.15, -0.1) is 0 Å². The fourth-order valence-electron chi connectivity index (χ4n) is 2.35. The fraction of sp³-hybridized carbons (Fsp3) is 0.643. The van der Waals surface area contributed by atoms with Gasteiger partial charge in [0, 0.05) is 26.2 Å². The number of aliphatic carboxylic acids is 3. The highest BCUT2D eigenvalue weighted by Crippen LogP contribution is 2.01. The van der Waals surface area contributed by atoms with Gasteiger partial charge in [0.25, 0.3) is 0 Å². The van der Waals surface area contributed by atoms with Crippen LogP contribution in [0.2, 0.25) is 0 Å². The summed E-state index contributed by atoms with van der Waals surface area (Å²) in [5.41, 5.74) is 0. The summed E-state index contributed by atoms with van der Waals surface area (Å²) >= 11 is 0. The molecule has 0 radical (unpaired) electrons. The third kappa shape index (κ3) is 10.1. The van der Waals surface area contributed by atoms with Crippen LogP contribution in [0.3, 0.4) is 0 Å². The Morgan fingerprint density at radius 3 is 1.63 bits per heavy atom. The van der Waals surface area contributed by atoms with Crippen LogP contribution in [0.5, 0.6) is 0 Å². The molecule has 27 heavy (non-hydrogen) atoms. The predicted molar refractivity (Wildman–Crippen MR) is 84.4 cm³/mol. The maximum Gasteiger partial charge on any atom is 0.369 e. The van der Waals surface area contributed by atoms with E-state index >= 15 is 0 Å². The Kier molecular flexibility index (Phi) is 9.12. The Morgan fingerprint density at radius 1 is 0.778 bits per heavy atom. The topological polar surface area (TPSA) is 174 Å². The van der Waals surface area contributed by atoms with E-state index in [0.717, 1.165) is 4.90 Å². The minimum atomic E-state index is -1.21. The van der Waals surface area contributed by atoms with Crippen LogP contribution in [0.1, 0.15) is 0 Å². The molecule has 13 nitrogen and oxygen atoms in total. The number of nitrogens with zero attached hydrogens (tertiary/aromatic N) is 3. The van der Waals surface area contributed by atoms with Crippen LogP contribution >= 0.6 is 0 Å². The lowest BCUT2D eigenvalue weighted by Crippen LogP contribution is -2.45. The molecule has 0 aromatic heterocycles. The number of carbonyl (C=O) groups is 5. The van der Waals surface area contributed by atoms with Gasteiger partial charge in [-0.1, -0.05) is 0 Å². The Morgan fingerprint density at radius 2 is 1.19 bits per heavy atom. The van der Waals surface area contributed by atoms with E-state index in [-0.39, 0.29) is 45.8 Å². The highest BCUT2D eigenvalue weighted by atomic mass is 17.2. The van der Waals surface area contributed by atoms with Crippen molar-refractivity contribution in [2.24, 2.45) is 0 Å². The lowest BCUT2D eigenvalue weighted by molar-refractivity contribution is -0.253. The number of hydrogen-bond acceptors (Lipinski definition) is 10. The van der Waals surface area contributed by atoms with Gasteiger partial charge < -0.3 is 15.3 Å². The molecule has 0 atom stereocenters. The number of carbonyl (C=O) groups excluding carboxylic acids is 2. The van der Waals surface area contributed by atoms with E-state index in [9.17, 15) is 24.0 Å². The maximum atomic E-state index is 11.3. The molecule has 0 aliphatic carbocycles. The first kappa shape index (κ1) is 22.3. The van der Waals surface area contributed by atoms with Crippen molar-refractivity contribution in [3.63, 3.8) is 0 Å². The largest absolute Gasteiger partial charge is 0.480 e. The first-order valence-electron chi connectivity index (χ1n) is 7.88. The molecular weight excluding hydrogens is 370 g/mol. The number of hydrogen-bond donors (Lipinski definition) is 3. The minimum Gasteiger partial charge on any atom is -0.480 e. The highest BCUT2D eigenvalue weighted by Gasteiger charge is 2.24. The normalized spacial score (nSPS) is 15.3. The Balaban J connectivity index is 2.61. The predicted octanol–water partition coefficient (Wildman–Crippen LogP) is -2.84. The van der Waals surface area contributed by atoms with E-state index < -0.39 is 42.9 Å². The monoisotopic (exact) mass is 391 g/mol. The quantitative estimate of drug-likeness (QED) is 0.290. The smallest absolute Gasteiger partial charge is 0.369 e. The van der Waals surface area contributed by atoms with Crippen molar-refractivity contribution in [2.45, 2.75) is 0 Å². The second-order valence-electron chi connectivity index (χ2n) is 5.79. The zero-order valence-electron chi connectivity index (χ0n) is 14.4. The molecule has 3 N–H and O–H groups in total. The third-order valence-electron chi connectivity index (χ3n) is 3.47. The van der Waals surface area contributed by atoms with E-state index in [1.165, 1.54) is 9.80 Å². The molecule has 0 amide bonds.